The molecule has 1 aliphatic rings. The Labute approximate surface area is 82.1 Å². The second-order valence-electron chi connectivity index (χ2n) is 3.66. The Morgan fingerprint density at radius 2 is 2.00 bits per heavy atom. The third-order valence-electron chi connectivity index (χ3n) is 2.55. The van der Waals surface area contributed by atoms with Crippen molar-refractivity contribution in [3.05, 3.63) is 35.9 Å². The second-order valence-corrected chi connectivity index (χ2v) is 3.66. The summed E-state index contributed by atoms with van der Waals surface area (Å²) in [6.45, 7) is -0.187. The molecule has 2 atom stereocenters. The number of halogens is 2. The molecule has 0 amide bonds. The van der Waals surface area contributed by atoms with Crippen molar-refractivity contribution in [2.45, 2.75) is 24.8 Å². The first-order valence-corrected chi connectivity index (χ1v) is 4.84. The molecule has 76 valence electrons. The molecule has 1 saturated carbocycles. The highest BCUT2D eigenvalue weighted by atomic mass is 19.3. The SMILES string of the molecule is FC(F)CNC1CC1c1ccccc1. The predicted octanol–water partition coefficient (Wildman–Crippen LogP) is 2.40. The van der Waals surface area contributed by atoms with Crippen LogP contribution in [0.5, 0.6) is 0 Å². The van der Waals surface area contributed by atoms with E-state index in [4.69, 9.17) is 0 Å². The van der Waals surface area contributed by atoms with E-state index in [0.717, 1.165) is 6.42 Å². The summed E-state index contributed by atoms with van der Waals surface area (Å²) < 4.78 is 23.8. The summed E-state index contributed by atoms with van der Waals surface area (Å²) >= 11 is 0. The van der Waals surface area contributed by atoms with Gasteiger partial charge in [0.1, 0.15) is 0 Å². The Bertz CT molecular complexity index is 287. The van der Waals surface area contributed by atoms with Crippen molar-refractivity contribution >= 4 is 0 Å². The van der Waals surface area contributed by atoms with Gasteiger partial charge in [-0.05, 0) is 12.0 Å². The number of rotatable bonds is 4. The Hall–Kier alpha value is -0.960. The molecule has 1 N–H and O–H groups in total. The molecule has 2 rings (SSSR count). The van der Waals surface area contributed by atoms with Crippen LogP contribution in [0.15, 0.2) is 30.3 Å². The molecule has 0 spiro atoms. The van der Waals surface area contributed by atoms with Crippen molar-refractivity contribution in [3.8, 4) is 0 Å². The molecule has 1 nitrogen and oxygen atoms in total. The van der Waals surface area contributed by atoms with Crippen LogP contribution in [0.4, 0.5) is 8.78 Å². The minimum Gasteiger partial charge on any atom is -0.308 e. The van der Waals surface area contributed by atoms with Crippen molar-refractivity contribution in [2.75, 3.05) is 6.54 Å². The highest BCUT2D eigenvalue weighted by Gasteiger charge is 2.37. The lowest BCUT2D eigenvalue weighted by Crippen LogP contribution is -2.24. The van der Waals surface area contributed by atoms with Gasteiger partial charge in [0.2, 0.25) is 0 Å². The number of hydrogen-bond acceptors (Lipinski definition) is 1. The van der Waals surface area contributed by atoms with Gasteiger partial charge in [0.25, 0.3) is 6.43 Å². The van der Waals surface area contributed by atoms with Crippen LogP contribution in [-0.4, -0.2) is 19.0 Å². The summed E-state index contributed by atoms with van der Waals surface area (Å²) in [5.74, 6) is 0.440. The molecule has 0 heterocycles. The Morgan fingerprint density at radius 1 is 1.29 bits per heavy atom. The van der Waals surface area contributed by atoms with Crippen molar-refractivity contribution in [1.82, 2.24) is 5.32 Å². The second kappa shape index (κ2) is 4.05. The zero-order valence-corrected chi connectivity index (χ0v) is 7.79. The normalized spacial score (nSPS) is 25.4. The molecule has 2 unspecified atom stereocenters. The number of alkyl halides is 2. The maximum atomic E-state index is 11.9. The molecule has 1 fully saturated rings. The lowest BCUT2D eigenvalue weighted by Gasteiger charge is -2.02. The summed E-state index contributed by atoms with van der Waals surface area (Å²) in [6, 6.07) is 10.3. The largest absolute Gasteiger partial charge is 0.308 e. The van der Waals surface area contributed by atoms with E-state index in [1.165, 1.54) is 5.56 Å². The van der Waals surface area contributed by atoms with Gasteiger partial charge in [-0.1, -0.05) is 30.3 Å². The van der Waals surface area contributed by atoms with E-state index in [9.17, 15) is 8.78 Å². The molecular formula is C11H13F2N. The predicted molar refractivity (Wildman–Crippen MR) is 51.6 cm³/mol. The standard InChI is InChI=1S/C11H13F2N/c12-11(13)7-14-10-6-9(10)8-4-2-1-3-5-8/h1-5,9-11,14H,6-7H2. The molecule has 1 aromatic carbocycles. The van der Waals surface area contributed by atoms with Crippen LogP contribution >= 0.6 is 0 Å². The molecule has 1 aromatic rings. The van der Waals surface area contributed by atoms with Crippen LogP contribution in [0.3, 0.4) is 0 Å². The van der Waals surface area contributed by atoms with E-state index in [1.54, 1.807) is 0 Å². The van der Waals surface area contributed by atoms with Crippen LogP contribution in [0.2, 0.25) is 0 Å². The minimum absolute atomic E-state index is 0.187. The summed E-state index contributed by atoms with van der Waals surface area (Å²) in [5.41, 5.74) is 1.25. The summed E-state index contributed by atoms with van der Waals surface area (Å²) in [5, 5.41) is 2.85. The molecule has 0 aromatic heterocycles. The number of hydrogen-bond donors (Lipinski definition) is 1. The zero-order valence-electron chi connectivity index (χ0n) is 7.79. The van der Waals surface area contributed by atoms with Gasteiger partial charge in [-0.15, -0.1) is 0 Å². The highest BCUT2D eigenvalue weighted by molar-refractivity contribution is 5.27. The summed E-state index contributed by atoms with van der Waals surface area (Å²) in [7, 11) is 0. The van der Waals surface area contributed by atoms with Crippen LogP contribution in [0.1, 0.15) is 17.9 Å². The van der Waals surface area contributed by atoms with Crippen molar-refractivity contribution in [3.63, 3.8) is 0 Å². The fourth-order valence-corrected chi connectivity index (χ4v) is 1.73. The minimum atomic E-state index is -2.24. The molecule has 0 bridgehead atoms. The highest BCUT2D eigenvalue weighted by Crippen LogP contribution is 2.40. The molecule has 3 heteroatoms. The van der Waals surface area contributed by atoms with E-state index in [-0.39, 0.29) is 12.6 Å². The first-order chi connectivity index (χ1) is 6.77. The smallest absolute Gasteiger partial charge is 0.250 e. The maximum Gasteiger partial charge on any atom is 0.250 e. The third-order valence-corrected chi connectivity index (χ3v) is 2.55. The molecule has 0 saturated heterocycles. The van der Waals surface area contributed by atoms with Crippen LogP contribution in [0, 0.1) is 0 Å². The zero-order chi connectivity index (χ0) is 9.97. The first-order valence-electron chi connectivity index (χ1n) is 4.84. The van der Waals surface area contributed by atoms with E-state index in [0.29, 0.717) is 5.92 Å². The van der Waals surface area contributed by atoms with E-state index >= 15 is 0 Å². The number of nitrogens with one attached hydrogen (secondary N) is 1. The lowest BCUT2D eigenvalue weighted by molar-refractivity contribution is 0.145. The topological polar surface area (TPSA) is 12.0 Å². The lowest BCUT2D eigenvalue weighted by atomic mass is 10.1. The van der Waals surface area contributed by atoms with Crippen LogP contribution < -0.4 is 5.32 Å². The van der Waals surface area contributed by atoms with Gasteiger partial charge in [0.05, 0.1) is 6.54 Å². The Kier molecular flexibility index (Phi) is 2.77. The Balaban J connectivity index is 1.82. The quantitative estimate of drug-likeness (QED) is 0.781. The van der Waals surface area contributed by atoms with Gasteiger partial charge in [-0.3, -0.25) is 0 Å². The molecule has 0 radical (unpaired) electrons. The van der Waals surface area contributed by atoms with Crippen LogP contribution in [-0.2, 0) is 0 Å². The Morgan fingerprint density at radius 3 is 2.64 bits per heavy atom. The van der Waals surface area contributed by atoms with Gasteiger partial charge in [-0.2, -0.15) is 0 Å². The van der Waals surface area contributed by atoms with Gasteiger partial charge in [0.15, 0.2) is 0 Å². The summed E-state index contributed by atoms with van der Waals surface area (Å²) in [4.78, 5) is 0. The van der Waals surface area contributed by atoms with Crippen molar-refractivity contribution < 1.29 is 8.78 Å². The molecule has 1 aliphatic carbocycles. The average Bonchev–Trinajstić information content (AvgIpc) is 2.95. The van der Waals surface area contributed by atoms with Crippen LogP contribution in [0.25, 0.3) is 0 Å². The first kappa shape index (κ1) is 9.59. The fourth-order valence-electron chi connectivity index (χ4n) is 1.73. The van der Waals surface area contributed by atoms with Crippen molar-refractivity contribution in [2.24, 2.45) is 0 Å². The maximum absolute atomic E-state index is 11.9. The van der Waals surface area contributed by atoms with Gasteiger partial charge >= 0.3 is 0 Å². The van der Waals surface area contributed by atoms with E-state index < -0.39 is 6.43 Å². The van der Waals surface area contributed by atoms with Crippen molar-refractivity contribution in [1.29, 1.82) is 0 Å². The average molecular weight is 197 g/mol. The van der Waals surface area contributed by atoms with E-state index in [1.807, 2.05) is 18.2 Å². The van der Waals surface area contributed by atoms with Gasteiger partial charge in [-0.25, -0.2) is 8.78 Å². The molecular weight excluding hydrogens is 184 g/mol. The summed E-state index contributed by atoms with van der Waals surface area (Å²) in [6.07, 6.45) is -1.26. The molecule has 0 aliphatic heterocycles. The monoisotopic (exact) mass is 197 g/mol. The van der Waals surface area contributed by atoms with E-state index in [2.05, 4.69) is 17.4 Å². The van der Waals surface area contributed by atoms with Gasteiger partial charge in [0, 0.05) is 12.0 Å². The number of benzene rings is 1. The fraction of sp³-hybridized carbons (Fsp3) is 0.455. The van der Waals surface area contributed by atoms with Gasteiger partial charge < -0.3 is 5.32 Å². The molecule has 14 heavy (non-hydrogen) atoms. The third kappa shape index (κ3) is 2.29.